The molecule has 0 bridgehead atoms. The third-order valence-corrected chi connectivity index (χ3v) is 4.64. The molecule has 0 aromatic heterocycles. The lowest BCUT2D eigenvalue weighted by molar-refractivity contribution is -0.128. The first-order valence-electron chi connectivity index (χ1n) is 7.88. The molecule has 1 N–H and O–H groups in total. The van der Waals surface area contributed by atoms with Gasteiger partial charge >= 0.3 is 0 Å². The molecule has 0 radical (unpaired) electrons. The van der Waals surface area contributed by atoms with Crippen LogP contribution in [0, 0.1) is 0 Å². The zero-order chi connectivity index (χ0) is 16.2. The van der Waals surface area contributed by atoms with Crippen LogP contribution >= 0.6 is 11.6 Å². The third kappa shape index (κ3) is 3.62. The number of carbonyl (C=O) groups is 1. The lowest BCUT2D eigenvalue weighted by Gasteiger charge is -2.23. The molecule has 1 atom stereocenters. The third-order valence-electron chi connectivity index (χ3n) is 4.29. The van der Waals surface area contributed by atoms with Gasteiger partial charge in [0.2, 0.25) is 12.7 Å². The van der Waals surface area contributed by atoms with E-state index in [1.165, 1.54) is 0 Å². The standard InChI is InChI=1S/C17H21ClN2O3/c1-2-7-20-13(3-4-17(20)21)5-6-19-10-12-8-15-16(9-14(12)18)23-11-22-15/h2,8-9,13,19H,1,3-7,10-11H2/t13-/m1/s1. The van der Waals surface area contributed by atoms with Gasteiger partial charge in [0, 0.05) is 36.6 Å². The average molecular weight is 337 g/mol. The minimum absolute atomic E-state index is 0.230. The molecule has 3 rings (SSSR count). The van der Waals surface area contributed by atoms with Crippen molar-refractivity contribution in [3.05, 3.63) is 35.4 Å². The van der Waals surface area contributed by atoms with Crippen molar-refractivity contribution in [2.75, 3.05) is 19.9 Å². The highest BCUT2D eigenvalue weighted by Gasteiger charge is 2.29. The number of hydrogen-bond donors (Lipinski definition) is 1. The van der Waals surface area contributed by atoms with Crippen molar-refractivity contribution < 1.29 is 14.3 Å². The van der Waals surface area contributed by atoms with Crippen LogP contribution in [0.5, 0.6) is 11.5 Å². The van der Waals surface area contributed by atoms with E-state index in [0.717, 1.165) is 30.7 Å². The number of benzene rings is 1. The molecule has 2 heterocycles. The van der Waals surface area contributed by atoms with Crippen LogP contribution in [0.25, 0.3) is 0 Å². The van der Waals surface area contributed by atoms with Gasteiger partial charge in [-0.25, -0.2) is 0 Å². The number of likely N-dealkylation sites (tertiary alicyclic amines) is 1. The van der Waals surface area contributed by atoms with Gasteiger partial charge in [0.25, 0.3) is 0 Å². The lowest BCUT2D eigenvalue weighted by Crippen LogP contribution is -2.35. The van der Waals surface area contributed by atoms with E-state index in [0.29, 0.717) is 36.3 Å². The van der Waals surface area contributed by atoms with Crippen LogP contribution in [0.3, 0.4) is 0 Å². The first kappa shape index (κ1) is 16.1. The van der Waals surface area contributed by atoms with Gasteiger partial charge in [0.1, 0.15) is 0 Å². The number of nitrogens with zero attached hydrogens (tertiary/aromatic N) is 1. The Balaban J connectivity index is 1.48. The van der Waals surface area contributed by atoms with E-state index in [9.17, 15) is 4.79 Å². The van der Waals surface area contributed by atoms with E-state index in [2.05, 4.69) is 11.9 Å². The fourth-order valence-corrected chi connectivity index (χ4v) is 3.29. The Bertz CT molecular complexity index is 606. The van der Waals surface area contributed by atoms with E-state index in [4.69, 9.17) is 21.1 Å². The van der Waals surface area contributed by atoms with Crippen molar-refractivity contribution in [3.63, 3.8) is 0 Å². The second-order valence-electron chi connectivity index (χ2n) is 5.79. The number of amides is 1. The van der Waals surface area contributed by atoms with Gasteiger partial charge in [-0.3, -0.25) is 4.79 Å². The van der Waals surface area contributed by atoms with Crippen molar-refractivity contribution in [2.45, 2.75) is 31.8 Å². The summed E-state index contributed by atoms with van der Waals surface area (Å²) in [5.41, 5.74) is 0.987. The zero-order valence-electron chi connectivity index (χ0n) is 13.0. The number of ether oxygens (including phenoxy) is 2. The Labute approximate surface area is 141 Å². The Morgan fingerprint density at radius 1 is 1.39 bits per heavy atom. The van der Waals surface area contributed by atoms with Gasteiger partial charge < -0.3 is 19.7 Å². The van der Waals surface area contributed by atoms with E-state index in [1.807, 2.05) is 11.0 Å². The Morgan fingerprint density at radius 3 is 2.96 bits per heavy atom. The Morgan fingerprint density at radius 2 is 2.17 bits per heavy atom. The lowest BCUT2D eigenvalue weighted by atomic mass is 10.1. The van der Waals surface area contributed by atoms with Crippen LogP contribution in [-0.4, -0.2) is 36.7 Å². The number of carbonyl (C=O) groups excluding carboxylic acids is 1. The highest BCUT2D eigenvalue weighted by atomic mass is 35.5. The van der Waals surface area contributed by atoms with Crippen LogP contribution in [0.4, 0.5) is 0 Å². The Hall–Kier alpha value is -1.72. The number of fused-ring (bicyclic) bond motifs is 1. The maximum absolute atomic E-state index is 11.8. The summed E-state index contributed by atoms with van der Waals surface area (Å²) >= 11 is 6.26. The minimum Gasteiger partial charge on any atom is -0.454 e. The van der Waals surface area contributed by atoms with E-state index in [-0.39, 0.29) is 12.7 Å². The minimum atomic E-state index is 0.230. The molecule has 2 aliphatic rings. The number of nitrogens with one attached hydrogen (secondary N) is 1. The molecule has 1 fully saturated rings. The Kier molecular flexibility index (Phi) is 5.08. The molecular weight excluding hydrogens is 316 g/mol. The summed E-state index contributed by atoms with van der Waals surface area (Å²) in [5.74, 6) is 1.67. The van der Waals surface area contributed by atoms with Gasteiger partial charge in [-0.15, -0.1) is 6.58 Å². The normalized spacial score (nSPS) is 19.4. The summed E-state index contributed by atoms with van der Waals surface area (Å²) < 4.78 is 10.7. The molecule has 0 aliphatic carbocycles. The van der Waals surface area contributed by atoms with Crippen molar-refractivity contribution in [1.82, 2.24) is 10.2 Å². The van der Waals surface area contributed by atoms with Gasteiger partial charge in [0.05, 0.1) is 0 Å². The highest BCUT2D eigenvalue weighted by molar-refractivity contribution is 6.31. The fraction of sp³-hybridized carbons (Fsp3) is 0.471. The predicted molar refractivity (Wildman–Crippen MR) is 88.8 cm³/mol. The topological polar surface area (TPSA) is 50.8 Å². The molecule has 1 amide bonds. The van der Waals surface area contributed by atoms with Crippen molar-refractivity contribution >= 4 is 17.5 Å². The van der Waals surface area contributed by atoms with Crippen molar-refractivity contribution in [3.8, 4) is 11.5 Å². The summed E-state index contributed by atoms with van der Waals surface area (Å²) in [6.07, 6.45) is 4.30. The number of halogens is 1. The molecule has 2 aliphatic heterocycles. The maximum atomic E-state index is 11.8. The van der Waals surface area contributed by atoms with Crippen LogP contribution in [0.1, 0.15) is 24.8 Å². The first-order chi connectivity index (χ1) is 11.2. The van der Waals surface area contributed by atoms with Gasteiger partial charge in [-0.1, -0.05) is 17.7 Å². The smallest absolute Gasteiger partial charge is 0.231 e. The molecule has 1 aromatic rings. The SMILES string of the molecule is C=CCN1C(=O)CC[C@@H]1CCNCc1cc2c(cc1Cl)OCO2. The molecule has 1 aromatic carbocycles. The zero-order valence-corrected chi connectivity index (χ0v) is 13.8. The van der Waals surface area contributed by atoms with Crippen molar-refractivity contribution in [1.29, 1.82) is 0 Å². The number of rotatable bonds is 7. The van der Waals surface area contributed by atoms with Gasteiger partial charge in [-0.05, 0) is 31.0 Å². The molecule has 0 saturated carbocycles. The monoisotopic (exact) mass is 336 g/mol. The van der Waals surface area contributed by atoms with Crippen LogP contribution in [0.15, 0.2) is 24.8 Å². The van der Waals surface area contributed by atoms with Gasteiger partial charge in [-0.2, -0.15) is 0 Å². The summed E-state index contributed by atoms with van der Waals surface area (Å²) in [4.78, 5) is 13.7. The molecule has 0 spiro atoms. The molecule has 1 saturated heterocycles. The van der Waals surface area contributed by atoms with Crippen LogP contribution < -0.4 is 14.8 Å². The predicted octanol–water partition coefficient (Wildman–Crippen LogP) is 2.73. The first-order valence-corrected chi connectivity index (χ1v) is 8.26. The van der Waals surface area contributed by atoms with Gasteiger partial charge in [0.15, 0.2) is 11.5 Å². The van der Waals surface area contributed by atoms with E-state index in [1.54, 1.807) is 12.1 Å². The summed E-state index contributed by atoms with van der Waals surface area (Å²) in [7, 11) is 0. The average Bonchev–Trinajstić information content (AvgIpc) is 3.12. The van der Waals surface area contributed by atoms with E-state index >= 15 is 0 Å². The second-order valence-corrected chi connectivity index (χ2v) is 6.20. The molecule has 23 heavy (non-hydrogen) atoms. The molecule has 6 heteroatoms. The van der Waals surface area contributed by atoms with E-state index < -0.39 is 0 Å². The van der Waals surface area contributed by atoms with Crippen LogP contribution in [0.2, 0.25) is 5.02 Å². The summed E-state index contributed by atoms with van der Waals surface area (Å²) in [6.45, 7) is 6.10. The number of hydrogen-bond acceptors (Lipinski definition) is 4. The molecule has 0 unspecified atom stereocenters. The maximum Gasteiger partial charge on any atom is 0.231 e. The summed E-state index contributed by atoms with van der Waals surface area (Å²) in [6, 6.07) is 4.02. The van der Waals surface area contributed by atoms with Crippen LogP contribution in [-0.2, 0) is 11.3 Å². The molecular formula is C17H21ClN2O3. The second kappa shape index (κ2) is 7.23. The quantitative estimate of drug-likeness (QED) is 0.614. The van der Waals surface area contributed by atoms with Crippen molar-refractivity contribution in [2.24, 2.45) is 0 Å². The largest absolute Gasteiger partial charge is 0.454 e. The molecule has 124 valence electrons. The highest BCUT2D eigenvalue weighted by Crippen LogP contribution is 2.36. The molecule has 5 nitrogen and oxygen atoms in total. The summed E-state index contributed by atoms with van der Waals surface area (Å²) in [5, 5.41) is 4.07. The fourth-order valence-electron chi connectivity index (χ4n) is 3.07.